The minimum atomic E-state index is -1.02. The van der Waals surface area contributed by atoms with Crippen molar-refractivity contribution >= 4 is 17.6 Å². The van der Waals surface area contributed by atoms with Crippen molar-refractivity contribution < 1.29 is 19.1 Å². The van der Waals surface area contributed by atoms with Crippen molar-refractivity contribution in [2.45, 2.75) is 13.5 Å². The number of carboxylic acid groups (broad SMARTS) is 1. The number of aromatic nitrogens is 1. The minimum Gasteiger partial charge on any atom is -0.480 e. The summed E-state index contributed by atoms with van der Waals surface area (Å²) in [5.74, 6) is -1.73. The van der Waals surface area contributed by atoms with Crippen LogP contribution in [0.15, 0.2) is 42.6 Å². The van der Waals surface area contributed by atoms with Crippen molar-refractivity contribution in [3.63, 3.8) is 0 Å². The molecule has 0 radical (unpaired) electrons. The van der Waals surface area contributed by atoms with E-state index in [0.29, 0.717) is 12.2 Å². The number of hydrogen-bond donors (Lipinski definition) is 1. The maximum Gasteiger partial charge on any atom is 0.323 e. The fourth-order valence-corrected chi connectivity index (χ4v) is 2.09. The van der Waals surface area contributed by atoms with Crippen molar-refractivity contribution in [1.82, 2.24) is 4.57 Å². The number of carbonyl (C=O) groups is 2. The van der Waals surface area contributed by atoms with Crippen molar-refractivity contribution in [3.05, 3.63) is 54.1 Å². The first-order valence-electron chi connectivity index (χ1n) is 6.47. The lowest BCUT2D eigenvalue weighted by molar-refractivity contribution is -0.137. The van der Waals surface area contributed by atoms with Gasteiger partial charge in [0, 0.05) is 18.4 Å². The molecule has 0 aliphatic rings. The quantitative estimate of drug-likeness (QED) is 0.919. The fraction of sp³-hybridized carbons (Fsp3) is 0.200. The van der Waals surface area contributed by atoms with Gasteiger partial charge in [0.1, 0.15) is 18.1 Å². The smallest absolute Gasteiger partial charge is 0.323 e. The second-order valence-electron chi connectivity index (χ2n) is 4.44. The first-order valence-corrected chi connectivity index (χ1v) is 6.47. The van der Waals surface area contributed by atoms with E-state index in [1.165, 1.54) is 33.7 Å². The van der Waals surface area contributed by atoms with Crippen molar-refractivity contribution in [2.75, 3.05) is 11.4 Å². The molecule has 0 bridgehead atoms. The number of anilines is 1. The molecule has 0 unspecified atom stereocenters. The van der Waals surface area contributed by atoms with E-state index in [4.69, 9.17) is 5.11 Å². The Bertz CT molecular complexity index is 649. The molecule has 0 atom stereocenters. The van der Waals surface area contributed by atoms with E-state index in [1.54, 1.807) is 25.3 Å². The molecule has 21 heavy (non-hydrogen) atoms. The molecule has 5 nitrogen and oxygen atoms in total. The highest BCUT2D eigenvalue weighted by atomic mass is 19.1. The van der Waals surface area contributed by atoms with Gasteiger partial charge in [-0.05, 0) is 43.3 Å². The molecule has 6 heteroatoms. The zero-order valence-corrected chi connectivity index (χ0v) is 11.5. The number of rotatable bonds is 5. The number of hydrogen-bond acceptors (Lipinski definition) is 2. The molecule has 1 N–H and O–H groups in total. The van der Waals surface area contributed by atoms with Gasteiger partial charge in [0.15, 0.2) is 0 Å². The molecule has 1 amide bonds. The van der Waals surface area contributed by atoms with E-state index in [9.17, 15) is 14.0 Å². The van der Waals surface area contributed by atoms with Gasteiger partial charge < -0.3 is 14.6 Å². The van der Waals surface area contributed by atoms with Crippen LogP contribution < -0.4 is 4.90 Å². The van der Waals surface area contributed by atoms with Crippen molar-refractivity contribution in [2.24, 2.45) is 0 Å². The van der Waals surface area contributed by atoms with Crippen LogP contribution in [-0.4, -0.2) is 28.1 Å². The molecule has 1 aromatic heterocycles. The maximum absolute atomic E-state index is 13.0. The van der Waals surface area contributed by atoms with E-state index in [1.807, 2.05) is 0 Å². The van der Waals surface area contributed by atoms with Gasteiger partial charge in [0.25, 0.3) is 5.91 Å². The molecule has 1 aromatic carbocycles. The molecule has 0 spiro atoms. The standard InChI is InChI=1S/C15H15FN2O3/c1-2-18(12-7-5-11(16)6-8-12)15(21)13-4-3-9-17(13)10-14(19)20/h3-9H,2,10H2,1H3,(H,19,20). The molecule has 110 valence electrons. The lowest BCUT2D eigenvalue weighted by atomic mass is 10.2. The van der Waals surface area contributed by atoms with Crippen LogP contribution in [0.3, 0.4) is 0 Å². The van der Waals surface area contributed by atoms with Crippen LogP contribution >= 0.6 is 0 Å². The Balaban J connectivity index is 2.30. The van der Waals surface area contributed by atoms with Gasteiger partial charge in [0.05, 0.1) is 0 Å². The predicted molar refractivity (Wildman–Crippen MR) is 75.8 cm³/mol. The highest BCUT2D eigenvalue weighted by molar-refractivity contribution is 6.05. The summed E-state index contributed by atoms with van der Waals surface area (Å²) in [6, 6.07) is 8.78. The van der Waals surface area contributed by atoms with Crippen LogP contribution in [-0.2, 0) is 11.3 Å². The highest BCUT2D eigenvalue weighted by Crippen LogP contribution is 2.18. The summed E-state index contributed by atoms with van der Waals surface area (Å²) in [6.45, 7) is 1.91. The Morgan fingerprint density at radius 1 is 1.24 bits per heavy atom. The van der Waals surface area contributed by atoms with E-state index < -0.39 is 5.97 Å². The molecule has 0 fully saturated rings. The van der Waals surface area contributed by atoms with Crippen molar-refractivity contribution in [1.29, 1.82) is 0 Å². The molecule has 0 aliphatic heterocycles. The largest absolute Gasteiger partial charge is 0.480 e. The van der Waals surface area contributed by atoms with Gasteiger partial charge in [-0.2, -0.15) is 0 Å². The van der Waals surface area contributed by atoms with Crippen LogP contribution in [0.5, 0.6) is 0 Å². The van der Waals surface area contributed by atoms with Gasteiger partial charge >= 0.3 is 5.97 Å². The number of nitrogens with zero attached hydrogens (tertiary/aromatic N) is 2. The fourth-order valence-electron chi connectivity index (χ4n) is 2.09. The SMILES string of the molecule is CCN(C(=O)c1cccn1CC(=O)O)c1ccc(F)cc1. The van der Waals surface area contributed by atoms with Gasteiger partial charge in [-0.25, -0.2) is 4.39 Å². The summed E-state index contributed by atoms with van der Waals surface area (Å²) in [5, 5.41) is 8.85. The summed E-state index contributed by atoms with van der Waals surface area (Å²) in [7, 11) is 0. The maximum atomic E-state index is 13.0. The number of aliphatic carboxylic acids is 1. The Morgan fingerprint density at radius 2 is 1.90 bits per heavy atom. The molecular formula is C15H15FN2O3. The summed E-state index contributed by atoms with van der Waals surface area (Å²) >= 11 is 0. The van der Waals surface area contributed by atoms with Crippen molar-refractivity contribution in [3.8, 4) is 0 Å². The second kappa shape index (κ2) is 6.21. The topological polar surface area (TPSA) is 62.5 Å². The van der Waals surface area contributed by atoms with E-state index in [-0.39, 0.29) is 24.0 Å². The first-order chi connectivity index (χ1) is 10.0. The Labute approximate surface area is 121 Å². The van der Waals surface area contributed by atoms with Crippen LogP contribution in [0.4, 0.5) is 10.1 Å². The zero-order valence-electron chi connectivity index (χ0n) is 11.5. The minimum absolute atomic E-state index is 0.281. The summed E-state index contributed by atoms with van der Waals surface area (Å²) in [5.41, 5.74) is 0.843. The third kappa shape index (κ3) is 3.28. The molecule has 2 aromatic rings. The Kier molecular flexibility index (Phi) is 4.37. The first kappa shape index (κ1) is 14.8. The van der Waals surface area contributed by atoms with E-state index >= 15 is 0 Å². The van der Waals surface area contributed by atoms with Gasteiger partial charge in [0.2, 0.25) is 0 Å². The van der Waals surface area contributed by atoms with Crippen LogP contribution in [0.1, 0.15) is 17.4 Å². The zero-order chi connectivity index (χ0) is 15.4. The number of amides is 1. The summed E-state index contributed by atoms with van der Waals surface area (Å²) < 4.78 is 14.3. The molecular weight excluding hydrogens is 275 g/mol. The van der Waals surface area contributed by atoms with Gasteiger partial charge in [-0.3, -0.25) is 9.59 Å². The molecule has 2 rings (SSSR count). The number of benzene rings is 1. The molecule has 0 saturated carbocycles. The Morgan fingerprint density at radius 3 is 2.48 bits per heavy atom. The normalized spacial score (nSPS) is 10.4. The van der Waals surface area contributed by atoms with Crippen LogP contribution in [0.25, 0.3) is 0 Å². The second-order valence-corrected chi connectivity index (χ2v) is 4.44. The van der Waals surface area contributed by atoms with E-state index in [2.05, 4.69) is 0 Å². The molecule has 1 heterocycles. The average Bonchev–Trinajstić information content (AvgIpc) is 2.88. The summed E-state index contributed by atoms with van der Waals surface area (Å²) in [6.07, 6.45) is 1.54. The highest BCUT2D eigenvalue weighted by Gasteiger charge is 2.20. The predicted octanol–water partition coefficient (Wildman–Crippen LogP) is 2.38. The number of carboxylic acids is 1. The van der Waals surface area contributed by atoms with Gasteiger partial charge in [-0.15, -0.1) is 0 Å². The van der Waals surface area contributed by atoms with E-state index in [0.717, 1.165) is 0 Å². The third-order valence-corrected chi connectivity index (χ3v) is 3.05. The number of halogens is 1. The van der Waals surface area contributed by atoms with Crippen LogP contribution in [0.2, 0.25) is 0 Å². The average molecular weight is 290 g/mol. The lowest BCUT2D eigenvalue weighted by Gasteiger charge is -2.21. The third-order valence-electron chi connectivity index (χ3n) is 3.05. The van der Waals surface area contributed by atoms with Crippen LogP contribution in [0, 0.1) is 5.82 Å². The van der Waals surface area contributed by atoms with Gasteiger partial charge in [-0.1, -0.05) is 0 Å². The monoisotopic (exact) mass is 290 g/mol. The molecule has 0 aliphatic carbocycles. The summed E-state index contributed by atoms with van der Waals surface area (Å²) in [4.78, 5) is 24.8. The lowest BCUT2D eigenvalue weighted by Crippen LogP contribution is -2.32. The molecule has 0 saturated heterocycles. The number of carbonyl (C=O) groups excluding carboxylic acids is 1. The Hall–Kier alpha value is -2.63.